The molecule has 104 valence electrons. The molecule has 0 aromatic heterocycles. The fourth-order valence-electron chi connectivity index (χ4n) is 2.28. The van der Waals surface area contributed by atoms with Gasteiger partial charge in [-0.3, -0.25) is 4.79 Å². The average molecular weight is 366 g/mol. The molecule has 0 bridgehead atoms. The number of nitrogens with one attached hydrogen (secondary N) is 2. The maximum Gasteiger partial charge on any atom is 0.231 e. The Hall–Kier alpha value is -0.290. The first-order valence-corrected chi connectivity index (χ1v) is 7.71. The third kappa shape index (κ3) is 2.92. The fourth-order valence-corrected chi connectivity index (χ4v) is 3.10. The lowest BCUT2D eigenvalue weighted by Gasteiger charge is -2.25. The van der Waals surface area contributed by atoms with Gasteiger partial charge in [0.25, 0.3) is 0 Å². The molecule has 1 saturated heterocycles. The highest BCUT2D eigenvalue weighted by Gasteiger charge is 2.39. The minimum atomic E-state index is -0.344. The molecule has 6 heteroatoms. The first kappa shape index (κ1) is 15.1. The second-order valence-electron chi connectivity index (χ2n) is 4.74. The fraction of sp³-hybridized carbons (Fsp3) is 0.462. The van der Waals surface area contributed by atoms with Crippen LogP contribution in [-0.4, -0.2) is 19.0 Å². The molecule has 2 rings (SSSR count). The number of halogens is 3. The van der Waals surface area contributed by atoms with E-state index in [1.165, 1.54) is 0 Å². The van der Waals surface area contributed by atoms with E-state index in [0.717, 1.165) is 19.4 Å². The number of carbonyl (C=O) groups is 1. The monoisotopic (exact) mass is 364 g/mol. The lowest BCUT2D eigenvalue weighted by atomic mass is 9.83. The summed E-state index contributed by atoms with van der Waals surface area (Å²) >= 11 is 15.5. The molecule has 3 nitrogen and oxygen atoms in total. The van der Waals surface area contributed by atoms with Gasteiger partial charge in [0.15, 0.2) is 0 Å². The summed E-state index contributed by atoms with van der Waals surface area (Å²) < 4.78 is 0.713. The molecular weight excluding hydrogens is 351 g/mol. The number of hydrogen-bond donors (Lipinski definition) is 2. The first-order valence-electron chi connectivity index (χ1n) is 6.16. The molecular formula is C13H15BrCl2N2O. The van der Waals surface area contributed by atoms with Crippen molar-refractivity contribution in [3.05, 3.63) is 26.7 Å². The first-order chi connectivity index (χ1) is 9.00. The van der Waals surface area contributed by atoms with E-state index >= 15 is 0 Å². The highest BCUT2D eigenvalue weighted by atomic mass is 79.9. The standard InChI is InChI=1S/C13H15BrCl2N2O/c1-2-13(5-6-17-7-13)12(19)18-9-4-3-8(14)10(15)11(9)16/h3-4,17H,2,5-7H2,1H3,(H,18,19). The molecule has 1 amide bonds. The highest BCUT2D eigenvalue weighted by Crippen LogP contribution is 2.37. The number of carbonyl (C=O) groups excluding carboxylic acids is 1. The van der Waals surface area contributed by atoms with Crippen LogP contribution in [0.25, 0.3) is 0 Å². The largest absolute Gasteiger partial charge is 0.324 e. The van der Waals surface area contributed by atoms with Crippen LogP contribution in [0.15, 0.2) is 16.6 Å². The zero-order chi connectivity index (χ0) is 14.0. The zero-order valence-corrected chi connectivity index (χ0v) is 13.6. The lowest BCUT2D eigenvalue weighted by molar-refractivity contribution is -0.124. The molecule has 0 radical (unpaired) electrons. The van der Waals surface area contributed by atoms with Crippen LogP contribution in [0.4, 0.5) is 5.69 Å². The Kier molecular flexibility index (Phi) is 4.77. The molecule has 1 fully saturated rings. The topological polar surface area (TPSA) is 41.1 Å². The van der Waals surface area contributed by atoms with Crippen molar-refractivity contribution in [3.8, 4) is 0 Å². The van der Waals surface area contributed by atoms with Crippen LogP contribution < -0.4 is 10.6 Å². The van der Waals surface area contributed by atoms with Crippen LogP contribution in [0.2, 0.25) is 10.0 Å². The summed E-state index contributed by atoms with van der Waals surface area (Å²) in [4.78, 5) is 12.5. The highest BCUT2D eigenvalue weighted by molar-refractivity contribution is 9.10. The van der Waals surface area contributed by atoms with Gasteiger partial charge < -0.3 is 10.6 Å². The van der Waals surface area contributed by atoms with Crippen molar-refractivity contribution in [3.63, 3.8) is 0 Å². The van der Waals surface area contributed by atoms with Crippen molar-refractivity contribution in [2.75, 3.05) is 18.4 Å². The van der Waals surface area contributed by atoms with Gasteiger partial charge in [-0.15, -0.1) is 0 Å². The minimum absolute atomic E-state index is 0.000268. The Morgan fingerprint density at radius 2 is 2.21 bits per heavy atom. The van der Waals surface area contributed by atoms with Crippen LogP contribution in [-0.2, 0) is 4.79 Å². The predicted octanol–water partition coefficient (Wildman–Crippen LogP) is 4.08. The summed E-state index contributed by atoms with van der Waals surface area (Å²) in [5.74, 6) is 0.000268. The van der Waals surface area contributed by atoms with Gasteiger partial charge in [-0.2, -0.15) is 0 Å². The Morgan fingerprint density at radius 3 is 2.79 bits per heavy atom. The molecule has 1 aliphatic heterocycles. The van der Waals surface area contributed by atoms with Gasteiger partial charge in [-0.1, -0.05) is 30.1 Å². The number of amides is 1. The van der Waals surface area contributed by atoms with Crippen LogP contribution in [0.3, 0.4) is 0 Å². The molecule has 1 heterocycles. The minimum Gasteiger partial charge on any atom is -0.324 e. The third-order valence-electron chi connectivity index (χ3n) is 3.69. The van der Waals surface area contributed by atoms with Crippen molar-refractivity contribution >= 4 is 50.7 Å². The lowest BCUT2D eigenvalue weighted by Crippen LogP contribution is -2.37. The quantitative estimate of drug-likeness (QED) is 0.792. The van der Waals surface area contributed by atoms with Crippen molar-refractivity contribution in [1.29, 1.82) is 0 Å². The van der Waals surface area contributed by atoms with E-state index in [2.05, 4.69) is 26.6 Å². The molecule has 1 aromatic rings. The molecule has 1 aliphatic rings. The summed E-state index contributed by atoms with van der Waals surface area (Å²) in [5.41, 5.74) is 0.211. The number of benzene rings is 1. The molecule has 1 aromatic carbocycles. The molecule has 19 heavy (non-hydrogen) atoms. The van der Waals surface area contributed by atoms with Crippen molar-refractivity contribution < 1.29 is 4.79 Å². The number of anilines is 1. The van der Waals surface area contributed by atoms with Gasteiger partial charge >= 0.3 is 0 Å². The van der Waals surface area contributed by atoms with Gasteiger partial charge in [0.05, 0.1) is 21.1 Å². The van der Waals surface area contributed by atoms with Crippen LogP contribution >= 0.6 is 39.1 Å². The van der Waals surface area contributed by atoms with Crippen LogP contribution in [0.1, 0.15) is 19.8 Å². The second kappa shape index (κ2) is 6.00. The molecule has 1 atom stereocenters. The zero-order valence-electron chi connectivity index (χ0n) is 10.5. The predicted molar refractivity (Wildman–Crippen MR) is 83.0 cm³/mol. The summed E-state index contributed by atoms with van der Waals surface area (Å²) in [6, 6.07) is 3.53. The number of rotatable bonds is 3. The van der Waals surface area contributed by atoms with E-state index in [9.17, 15) is 4.79 Å². The van der Waals surface area contributed by atoms with Crippen molar-refractivity contribution in [1.82, 2.24) is 5.32 Å². The molecule has 0 aliphatic carbocycles. The Labute approximate surface area is 131 Å². The summed E-state index contributed by atoms with van der Waals surface area (Å²) in [5, 5.41) is 6.91. The Balaban J connectivity index is 2.22. The van der Waals surface area contributed by atoms with Crippen LogP contribution in [0, 0.1) is 5.41 Å². The third-order valence-corrected chi connectivity index (χ3v) is 5.46. The molecule has 0 saturated carbocycles. The molecule has 1 unspecified atom stereocenters. The SMILES string of the molecule is CCC1(C(=O)Nc2ccc(Br)c(Cl)c2Cl)CCNC1. The van der Waals surface area contributed by atoms with E-state index in [-0.39, 0.29) is 11.3 Å². The van der Waals surface area contributed by atoms with Gasteiger partial charge in [0, 0.05) is 11.0 Å². The molecule has 2 N–H and O–H groups in total. The summed E-state index contributed by atoms with van der Waals surface area (Å²) in [7, 11) is 0. The van der Waals surface area contributed by atoms with Gasteiger partial charge in [-0.25, -0.2) is 0 Å². The second-order valence-corrected chi connectivity index (χ2v) is 6.35. The van der Waals surface area contributed by atoms with E-state index < -0.39 is 0 Å². The normalized spacial score (nSPS) is 22.5. The van der Waals surface area contributed by atoms with E-state index in [4.69, 9.17) is 23.2 Å². The van der Waals surface area contributed by atoms with Gasteiger partial charge in [0.1, 0.15) is 0 Å². The molecule has 0 spiro atoms. The number of hydrogen-bond acceptors (Lipinski definition) is 2. The van der Waals surface area contributed by atoms with E-state index in [0.29, 0.717) is 26.8 Å². The Morgan fingerprint density at radius 1 is 1.47 bits per heavy atom. The summed E-state index contributed by atoms with van der Waals surface area (Å²) in [6.07, 6.45) is 1.64. The van der Waals surface area contributed by atoms with Gasteiger partial charge in [-0.05, 0) is 47.4 Å². The van der Waals surface area contributed by atoms with Gasteiger partial charge in [0.2, 0.25) is 5.91 Å². The van der Waals surface area contributed by atoms with Crippen molar-refractivity contribution in [2.45, 2.75) is 19.8 Å². The average Bonchev–Trinajstić information content (AvgIpc) is 2.89. The van der Waals surface area contributed by atoms with Crippen LogP contribution in [0.5, 0.6) is 0 Å². The van der Waals surface area contributed by atoms with E-state index in [1.54, 1.807) is 12.1 Å². The van der Waals surface area contributed by atoms with Crippen molar-refractivity contribution in [2.24, 2.45) is 5.41 Å². The maximum atomic E-state index is 12.5. The maximum absolute atomic E-state index is 12.5. The summed E-state index contributed by atoms with van der Waals surface area (Å²) in [6.45, 7) is 3.61. The smallest absolute Gasteiger partial charge is 0.231 e. The van der Waals surface area contributed by atoms with E-state index in [1.807, 2.05) is 6.92 Å². The Bertz CT molecular complexity index is 502.